The highest BCUT2D eigenvalue weighted by atomic mass is 35.5. The van der Waals surface area contributed by atoms with Crippen molar-refractivity contribution in [1.82, 2.24) is 9.88 Å². The molecule has 3 nitrogen and oxygen atoms in total. The highest BCUT2D eigenvalue weighted by Crippen LogP contribution is 2.19. The molecule has 0 spiro atoms. The van der Waals surface area contributed by atoms with E-state index in [1.54, 1.807) is 17.2 Å². The molecule has 0 bridgehead atoms. The molecule has 0 radical (unpaired) electrons. The number of carbonyl (C=O) groups excluding carboxylic acids is 1. The van der Waals surface area contributed by atoms with E-state index >= 15 is 0 Å². The minimum Gasteiger partial charge on any atom is -0.332 e. The SMILES string of the molecule is CC(C)N(Cc1ccccc1)C(=O)c1ccncc1Cl. The molecule has 0 fully saturated rings. The Kier molecular flexibility index (Phi) is 4.74. The van der Waals surface area contributed by atoms with Gasteiger partial charge in [-0.3, -0.25) is 9.78 Å². The maximum atomic E-state index is 12.6. The Balaban J connectivity index is 2.25. The number of halogens is 1. The van der Waals surface area contributed by atoms with Crippen molar-refractivity contribution in [3.63, 3.8) is 0 Å². The molecule has 0 aliphatic carbocycles. The quantitative estimate of drug-likeness (QED) is 0.858. The van der Waals surface area contributed by atoms with Crippen LogP contribution in [-0.4, -0.2) is 21.8 Å². The van der Waals surface area contributed by atoms with Crippen LogP contribution in [0.3, 0.4) is 0 Å². The lowest BCUT2D eigenvalue weighted by Crippen LogP contribution is -2.36. The fourth-order valence-corrected chi connectivity index (χ4v) is 2.17. The number of rotatable bonds is 4. The summed E-state index contributed by atoms with van der Waals surface area (Å²) in [6, 6.07) is 11.7. The summed E-state index contributed by atoms with van der Waals surface area (Å²) in [6.45, 7) is 4.56. The highest BCUT2D eigenvalue weighted by molar-refractivity contribution is 6.33. The summed E-state index contributed by atoms with van der Waals surface area (Å²) in [5.41, 5.74) is 1.59. The summed E-state index contributed by atoms with van der Waals surface area (Å²) < 4.78 is 0. The molecule has 0 aliphatic heterocycles. The van der Waals surface area contributed by atoms with Gasteiger partial charge >= 0.3 is 0 Å². The first-order chi connectivity index (χ1) is 9.59. The predicted octanol–water partition coefficient (Wildman–Crippen LogP) is 3.79. The van der Waals surface area contributed by atoms with Crippen LogP contribution in [0.25, 0.3) is 0 Å². The summed E-state index contributed by atoms with van der Waals surface area (Å²) in [5.74, 6) is -0.0729. The van der Waals surface area contributed by atoms with Crippen molar-refractivity contribution in [3.05, 3.63) is 64.9 Å². The smallest absolute Gasteiger partial charge is 0.256 e. The molecule has 1 heterocycles. The van der Waals surface area contributed by atoms with Gasteiger partial charge in [-0.25, -0.2) is 0 Å². The van der Waals surface area contributed by atoms with Crippen molar-refractivity contribution < 1.29 is 4.79 Å². The van der Waals surface area contributed by atoms with Crippen LogP contribution >= 0.6 is 11.6 Å². The van der Waals surface area contributed by atoms with E-state index in [1.165, 1.54) is 6.20 Å². The maximum absolute atomic E-state index is 12.6. The van der Waals surface area contributed by atoms with E-state index in [4.69, 9.17) is 11.6 Å². The van der Waals surface area contributed by atoms with Crippen molar-refractivity contribution >= 4 is 17.5 Å². The second-order valence-corrected chi connectivity index (χ2v) is 5.28. The van der Waals surface area contributed by atoms with Crippen molar-refractivity contribution in [2.75, 3.05) is 0 Å². The minimum absolute atomic E-state index is 0.0729. The Morgan fingerprint density at radius 2 is 1.95 bits per heavy atom. The third-order valence-electron chi connectivity index (χ3n) is 3.08. The molecule has 20 heavy (non-hydrogen) atoms. The molecule has 0 saturated carbocycles. The van der Waals surface area contributed by atoms with Crippen molar-refractivity contribution in [2.45, 2.75) is 26.4 Å². The van der Waals surface area contributed by atoms with Gasteiger partial charge in [0, 0.05) is 25.0 Å². The Morgan fingerprint density at radius 3 is 2.55 bits per heavy atom. The monoisotopic (exact) mass is 288 g/mol. The van der Waals surface area contributed by atoms with Gasteiger partial charge in [-0.15, -0.1) is 0 Å². The average Bonchev–Trinajstić information content (AvgIpc) is 2.45. The molecule has 2 rings (SSSR count). The van der Waals surface area contributed by atoms with E-state index in [0.29, 0.717) is 17.1 Å². The summed E-state index contributed by atoms with van der Waals surface area (Å²) >= 11 is 6.06. The largest absolute Gasteiger partial charge is 0.332 e. The number of amides is 1. The van der Waals surface area contributed by atoms with Gasteiger partial charge in [0.1, 0.15) is 0 Å². The van der Waals surface area contributed by atoms with Crippen LogP contribution < -0.4 is 0 Å². The zero-order chi connectivity index (χ0) is 14.5. The third kappa shape index (κ3) is 3.36. The van der Waals surface area contributed by atoms with Gasteiger partial charge in [0.15, 0.2) is 0 Å². The fraction of sp³-hybridized carbons (Fsp3) is 0.250. The highest BCUT2D eigenvalue weighted by Gasteiger charge is 2.21. The third-order valence-corrected chi connectivity index (χ3v) is 3.38. The van der Waals surface area contributed by atoms with Gasteiger partial charge in [-0.05, 0) is 25.5 Å². The van der Waals surface area contributed by atoms with Gasteiger partial charge in [0.2, 0.25) is 0 Å². The van der Waals surface area contributed by atoms with Crippen LogP contribution in [0, 0.1) is 0 Å². The standard InChI is InChI=1S/C16H17ClN2O/c1-12(2)19(11-13-6-4-3-5-7-13)16(20)14-8-9-18-10-15(14)17/h3-10,12H,11H2,1-2H3. The Morgan fingerprint density at radius 1 is 1.25 bits per heavy atom. The number of benzene rings is 1. The number of hydrogen-bond donors (Lipinski definition) is 0. The molecule has 4 heteroatoms. The Hall–Kier alpha value is -1.87. The molecular formula is C16H17ClN2O. The number of pyridine rings is 1. The molecule has 0 saturated heterocycles. The van der Waals surface area contributed by atoms with E-state index < -0.39 is 0 Å². The molecule has 1 aromatic carbocycles. The minimum atomic E-state index is -0.0729. The van der Waals surface area contributed by atoms with Crippen molar-refractivity contribution in [2.24, 2.45) is 0 Å². The average molecular weight is 289 g/mol. The second kappa shape index (κ2) is 6.53. The van der Waals surface area contributed by atoms with Crippen LogP contribution in [0.15, 0.2) is 48.8 Å². The molecule has 0 aliphatic rings. The van der Waals surface area contributed by atoms with E-state index in [9.17, 15) is 4.79 Å². The first-order valence-corrected chi connectivity index (χ1v) is 6.92. The number of aromatic nitrogens is 1. The lowest BCUT2D eigenvalue weighted by Gasteiger charge is -2.27. The topological polar surface area (TPSA) is 33.2 Å². The van der Waals surface area contributed by atoms with Gasteiger partial charge < -0.3 is 4.90 Å². The lowest BCUT2D eigenvalue weighted by atomic mass is 10.1. The summed E-state index contributed by atoms with van der Waals surface area (Å²) in [6.07, 6.45) is 3.08. The van der Waals surface area contributed by atoms with E-state index in [0.717, 1.165) is 5.56 Å². The number of nitrogens with zero attached hydrogens (tertiary/aromatic N) is 2. The number of hydrogen-bond acceptors (Lipinski definition) is 2. The van der Waals surface area contributed by atoms with Crippen LogP contribution in [0.5, 0.6) is 0 Å². The van der Waals surface area contributed by atoms with Crippen molar-refractivity contribution in [3.8, 4) is 0 Å². The van der Waals surface area contributed by atoms with Crippen LogP contribution in [0.2, 0.25) is 5.02 Å². The maximum Gasteiger partial charge on any atom is 0.256 e. The van der Waals surface area contributed by atoms with Gasteiger partial charge in [0.25, 0.3) is 5.91 Å². The predicted molar refractivity (Wildman–Crippen MR) is 80.7 cm³/mol. The summed E-state index contributed by atoms with van der Waals surface area (Å²) in [5, 5.41) is 0.385. The van der Waals surface area contributed by atoms with Crippen molar-refractivity contribution in [1.29, 1.82) is 0 Å². The van der Waals surface area contributed by atoms with Gasteiger partial charge in [-0.1, -0.05) is 41.9 Å². The lowest BCUT2D eigenvalue weighted by molar-refractivity contribution is 0.0690. The summed E-state index contributed by atoms with van der Waals surface area (Å²) in [4.78, 5) is 18.3. The van der Waals surface area contributed by atoms with Gasteiger partial charge in [-0.2, -0.15) is 0 Å². The number of carbonyl (C=O) groups is 1. The molecule has 0 unspecified atom stereocenters. The van der Waals surface area contributed by atoms with E-state index in [2.05, 4.69) is 4.98 Å². The molecule has 1 aromatic heterocycles. The normalized spacial score (nSPS) is 10.6. The Labute approximate surface area is 124 Å². The molecule has 0 atom stereocenters. The fourth-order valence-electron chi connectivity index (χ4n) is 1.97. The second-order valence-electron chi connectivity index (χ2n) is 4.87. The Bertz CT molecular complexity index is 584. The van der Waals surface area contributed by atoms with Gasteiger partial charge in [0.05, 0.1) is 10.6 Å². The molecule has 0 N–H and O–H groups in total. The van der Waals surface area contributed by atoms with Crippen LogP contribution in [0.4, 0.5) is 0 Å². The first kappa shape index (κ1) is 14.5. The van der Waals surface area contributed by atoms with E-state index in [1.807, 2.05) is 44.2 Å². The van der Waals surface area contributed by atoms with Crippen LogP contribution in [0.1, 0.15) is 29.8 Å². The van der Waals surface area contributed by atoms with Crippen LogP contribution in [-0.2, 0) is 6.54 Å². The molecule has 1 amide bonds. The van der Waals surface area contributed by atoms with E-state index in [-0.39, 0.29) is 11.9 Å². The zero-order valence-electron chi connectivity index (χ0n) is 11.6. The molecular weight excluding hydrogens is 272 g/mol. The molecule has 104 valence electrons. The molecule has 2 aromatic rings. The summed E-state index contributed by atoms with van der Waals surface area (Å²) in [7, 11) is 0. The zero-order valence-corrected chi connectivity index (χ0v) is 12.3. The first-order valence-electron chi connectivity index (χ1n) is 6.54.